The standard InChI is InChI=1S/C7H9F3N4O/c1-12-4-2-14(3-7(8,9)10)13-5(4)6(11)15/h2,12H,3H2,1H3,(H2,11,15). The third kappa shape index (κ3) is 2.86. The molecule has 3 N–H and O–H groups in total. The van der Waals surface area contributed by atoms with Gasteiger partial charge < -0.3 is 11.1 Å². The Morgan fingerprint density at radius 1 is 1.67 bits per heavy atom. The average Bonchev–Trinajstić information content (AvgIpc) is 2.44. The Morgan fingerprint density at radius 3 is 2.60 bits per heavy atom. The molecule has 0 aromatic carbocycles. The number of rotatable bonds is 3. The molecule has 1 heterocycles. The Morgan fingerprint density at radius 2 is 2.27 bits per heavy atom. The Labute approximate surface area is 83.0 Å². The van der Waals surface area contributed by atoms with E-state index in [1.807, 2.05) is 0 Å². The minimum Gasteiger partial charge on any atom is -0.385 e. The van der Waals surface area contributed by atoms with Crippen LogP contribution in [0, 0.1) is 0 Å². The number of carbonyl (C=O) groups excluding carboxylic acids is 1. The van der Waals surface area contributed by atoms with E-state index in [-0.39, 0.29) is 11.4 Å². The Hall–Kier alpha value is -1.73. The maximum Gasteiger partial charge on any atom is 0.408 e. The van der Waals surface area contributed by atoms with Crippen molar-refractivity contribution in [2.45, 2.75) is 12.7 Å². The number of halogens is 3. The molecule has 0 spiro atoms. The summed E-state index contributed by atoms with van der Waals surface area (Å²) < 4.78 is 36.6. The topological polar surface area (TPSA) is 72.9 Å². The number of alkyl halides is 3. The fraction of sp³-hybridized carbons (Fsp3) is 0.429. The fourth-order valence-corrected chi connectivity index (χ4v) is 1.05. The van der Waals surface area contributed by atoms with Crippen molar-refractivity contribution in [3.05, 3.63) is 11.9 Å². The second kappa shape index (κ2) is 3.79. The van der Waals surface area contributed by atoms with E-state index in [1.165, 1.54) is 7.05 Å². The van der Waals surface area contributed by atoms with Crippen LogP contribution in [-0.2, 0) is 6.54 Å². The number of hydrogen-bond donors (Lipinski definition) is 2. The SMILES string of the molecule is CNc1cn(CC(F)(F)F)nc1C(N)=O. The van der Waals surface area contributed by atoms with E-state index in [4.69, 9.17) is 5.73 Å². The zero-order valence-electron chi connectivity index (χ0n) is 7.80. The van der Waals surface area contributed by atoms with Crippen LogP contribution in [0.25, 0.3) is 0 Å². The summed E-state index contributed by atoms with van der Waals surface area (Å²) in [6, 6.07) is 0. The second-order valence-corrected chi connectivity index (χ2v) is 2.82. The van der Waals surface area contributed by atoms with Crippen LogP contribution in [0.4, 0.5) is 18.9 Å². The van der Waals surface area contributed by atoms with Crippen LogP contribution in [0.5, 0.6) is 0 Å². The molecule has 0 unspecified atom stereocenters. The lowest BCUT2D eigenvalue weighted by Gasteiger charge is -2.04. The van der Waals surface area contributed by atoms with Gasteiger partial charge in [-0.3, -0.25) is 9.48 Å². The highest BCUT2D eigenvalue weighted by Crippen LogP contribution is 2.19. The molecule has 0 saturated carbocycles. The minimum atomic E-state index is -4.38. The van der Waals surface area contributed by atoms with Crippen molar-refractivity contribution in [3.8, 4) is 0 Å². The summed E-state index contributed by atoms with van der Waals surface area (Å²) in [5, 5.41) is 5.96. The normalized spacial score (nSPS) is 11.5. The molecule has 0 aliphatic rings. The van der Waals surface area contributed by atoms with Gasteiger partial charge in [-0.2, -0.15) is 18.3 Å². The summed E-state index contributed by atoms with van der Waals surface area (Å²) in [5.74, 6) is -0.875. The van der Waals surface area contributed by atoms with Crippen LogP contribution in [0.2, 0.25) is 0 Å². The number of hydrogen-bond acceptors (Lipinski definition) is 3. The van der Waals surface area contributed by atoms with Gasteiger partial charge in [0.1, 0.15) is 6.54 Å². The van der Waals surface area contributed by atoms with Crippen molar-refractivity contribution in [2.24, 2.45) is 5.73 Å². The summed E-state index contributed by atoms with van der Waals surface area (Å²) >= 11 is 0. The number of nitrogens with two attached hydrogens (primary N) is 1. The average molecular weight is 222 g/mol. The van der Waals surface area contributed by atoms with Crippen molar-refractivity contribution in [1.29, 1.82) is 0 Å². The first kappa shape index (κ1) is 11.3. The molecule has 84 valence electrons. The lowest BCUT2D eigenvalue weighted by molar-refractivity contribution is -0.142. The second-order valence-electron chi connectivity index (χ2n) is 2.82. The number of nitrogens with one attached hydrogen (secondary N) is 1. The molecule has 5 nitrogen and oxygen atoms in total. The summed E-state index contributed by atoms with van der Waals surface area (Å²) in [4.78, 5) is 10.8. The molecular formula is C7H9F3N4O. The first-order valence-electron chi connectivity index (χ1n) is 3.95. The number of nitrogens with zero attached hydrogens (tertiary/aromatic N) is 2. The first-order valence-corrected chi connectivity index (χ1v) is 3.95. The smallest absolute Gasteiger partial charge is 0.385 e. The maximum absolute atomic E-state index is 12.0. The molecule has 0 saturated heterocycles. The molecular weight excluding hydrogens is 213 g/mol. The first-order chi connectivity index (χ1) is 6.83. The molecule has 1 amide bonds. The number of aromatic nitrogens is 2. The van der Waals surface area contributed by atoms with Crippen LogP contribution in [-0.4, -0.2) is 28.9 Å². The summed E-state index contributed by atoms with van der Waals surface area (Å²) in [7, 11) is 1.46. The van der Waals surface area contributed by atoms with Crippen molar-refractivity contribution in [1.82, 2.24) is 9.78 Å². The minimum absolute atomic E-state index is 0.173. The monoisotopic (exact) mass is 222 g/mol. The van der Waals surface area contributed by atoms with E-state index in [2.05, 4.69) is 10.4 Å². The van der Waals surface area contributed by atoms with Crippen molar-refractivity contribution >= 4 is 11.6 Å². The fourth-order valence-electron chi connectivity index (χ4n) is 1.05. The molecule has 1 rings (SSSR count). The number of amides is 1. The van der Waals surface area contributed by atoms with E-state index >= 15 is 0 Å². The van der Waals surface area contributed by atoms with Crippen LogP contribution >= 0.6 is 0 Å². The zero-order valence-corrected chi connectivity index (χ0v) is 7.80. The molecule has 1 aromatic heterocycles. The van der Waals surface area contributed by atoms with Gasteiger partial charge in [-0.1, -0.05) is 0 Å². The van der Waals surface area contributed by atoms with Crippen molar-refractivity contribution < 1.29 is 18.0 Å². The van der Waals surface area contributed by atoms with Gasteiger partial charge in [0, 0.05) is 13.2 Å². The van der Waals surface area contributed by atoms with Crippen LogP contribution in [0.1, 0.15) is 10.5 Å². The van der Waals surface area contributed by atoms with Crippen LogP contribution in [0.3, 0.4) is 0 Å². The van der Waals surface area contributed by atoms with E-state index in [0.717, 1.165) is 6.20 Å². The van der Waals surface area contributed by atoms with E-state index in [1.54, 1.807) is 0 Å². The zero-order chi connectivity index (χ0) is 11.6. The summed E-state index contributed by atoms with van der Waals surface area (Å²) in [6.07, 6.45) is -3.31. The molecule has 0 atom stereocenters. The van der Waals surface area contributed by atoms with Gasteiger partial charge in [0.05, 0.1) is 5.69 Å². The Kier molecular flexibility index (Phi) is 2.87. The van der Waals surface area contributed by atoms with E-state index in [0.29, 0.717) is 4.68 Å². The van der Waals surface area contributed by atoms with Gasteiger partial charge in [-0.15, -0.1) is 0 Å². The number of carbonyl (C=O) groups is 1. The highest BCUT2D eigenvalue weighted by Gasteiger charge is 2.29. The largest absolute Gasteiger partial charge is 0.408 e. The predicted molar refractivity (Wildman–Crippen MR) is 46.3 cm³/mol. The molecule has 0 bridgehead atoms. The van der Waals surface area contributed by atoms with Crippen molar-refractivity contribution in [2.75, 3.05) is 12.4 Å². The summed E-state index contributed by atoms with van der Waals surface area (Å²) in [6.45, 7) is -1.25. The molecule has 0 radical (unpaired) electrons. The predicted octanol–water partition coefficient (Wildman–Crippen LogP) is 0.586. The lowest BCUT2D eigenvalue weighted by atomic mass is 10.3. The quantitative estimate of drug-likeness (QED) is 0.785. The molecule has 8 heteroatoms. The lowest BCUT2D eigenvalue weighted by Crippen LogP contribution is -2.19. The van der Waals surface area contributed by atoms with Crippen LogP contribution < -0.4 is 11.1 Å². The van der Waals surface area contributed by atoms with Gasteiger partial charge >= 0.3 is 6.18 Å². The summed E-state index contributed by atoms with van der Waals surface area (Å²) in [5.41, 5.74) is 4.90. The molecule has 0 aliphatic heterocycles. The molecule has 0 aliphatic carbocycles. The van der Waals surface area contributed by atoms with Gasteiger partial charge in [-0.25, -0.2) is 0 Å². The third-order valence-corrected chi connectivity index (χ3v) is 1.61. The number of primary amides is 1. The Balaban J connectivity index is 2.98. The highest BCUT2D eigenvalue weighted by atomic mass is 19.4. The number of anilines is 1. The molecule has 15 heavy (non-hydrogen) atoms. The third-order valence-electron chi connectivity index (χ3n) is 1.61. The molecule has 1 aromatic rings. The van der Waals surface area contributed by atoms with Crippen LogP contribution in [0.15, 0.2) is 6.20 Å². The maximum atomic E-state index is 12.0. The van der Waals surface area contributed by atoms with E-state index in [9.17, 15) is 18.0 Å². The molecule has 0 fully saturated rings. The van der Waals surface area contributed by atoms with Crippen molar-refractivity contribution in [3.63, 3.8) is 0 Å². The van der Waals surface area contributed by atoms with Gasteiger partial charge in [0.25, 0.3) is 5.91 Å². The van der Waals surface area contributed by atoms with E-state index < -0.39 is 18.6 Å². The van der Waals surface area contributed by atoms with Gasteiger partial charge in [0.15, 0.2) is 5.69 Å². The van der Waals surface area contributed by atoms with Gasteiger partial charge in [-0.05, 0) is 0 Å². The highest BCUT2D eigenvalue weighted by molar-refractivity contribution is 5.96. The Bertz CT molecular complexity index is 371. The van der Waals surface area contributed by atoms with Gasteiger partial charge in [0.2, 0.25) is 0 Å².